The van der Waals surface area contributed by atoms with Crippen LogP contribution in [-0.2, 0) is 6.54 Å². The summed E-state index contributed by atoms with van der Waals surface area (Å²) < 4.78 is 1.74. The number of rotatable bonds is 5. The summed E-state index contributed by atoms with van der Waals surface area (Å²) in [4.78, 5) is 34.6. The van der Waals surface area contributed by atoms with E-state index in [1.54, 1.807) is 15.5 Å². The van der Waals surface area contributed by atoms with Crippen molar-refractivity contribution < 1.29 is 9.59 Å². The van der Waals surface area contributed by atoms with Gasteiger partial charge in [0.15, 0.2) is 5.69 Å². The molecule has 2 amide bonds. The maximum Gasteiger partial charge on any atom is 0.290 e. The van der Waals surface area contributed by atoms with Gasteiger partial charge in [0.25, 0.3) is 11.8 Å². The molecule has 1 saturated heterocycles. The first-order valence-corrected chi connectivity index (χ1v) is 10.3. The van der Waals surface area contributed by atoms with E-state index >= 15 is 0 Å². The minimum atomic E-state index is -0.171. The number of piperidine rings is 1. The highest BCUT2D eigenvalue weighted by Crippen LogP contribution is 2.20. The van der Waals surface area contributed by atoms with Crippen molar-refractivity contribution in [2.45, 2.75) is 32.7 Å². The van der Waals surface area contributed by atoms with Crippen LogP contribution in [-0.4, -0.2) is 50.6 Å². The normalized spacial score (nSPS) is 14.2. The molecule has 0 N–H and O–H groups in total. The van der Waals surface area contributed by atoms with E-state index in [2.05, 4.69) is 4.98 Å². The van der Waals surface area contributed by atoms with E-state index in [1.807, 2.05) is 60.4 Å². The van der Waals surface area contributed by atoms with Crippen molar-refractivity contribution in [3.8, 4) is 0 Å². The molecule has 0 spiro atoms. The van der Waals surface area contributed by atoms with Crippen molar-refractivity contribution in [2.75, 3.05) is 19.6 Å². The first kappa shape index (κ1) is 19.2. The molecule has 1 aromatic carbocycles. The zero-order valence-electron chi connectivity index (χ0n) is 16.8. The van der Waals surface area contributed by atoms with E-state index < -0.39 is 0 Å². The van der Waals surface area contributed by atoms with Crippen LogP contribution in [0.5, 0.6) is 0 Å². The van der Waals surface area contributed by atoms with Crippen LogP contribution in [0.25, 0.3) is 5.52 Å². The Hall–Kier alpha value is -3.15. The van der Waals surface area contributed by atoms with Gasteiger partial charge in [-0.2, -0.15) is 0 Å². The first-order chi connectivity index (χ1) is 14.2. The SMILES string of the molecule is CCN(Cc1ccccc1)C(=O)c1nc(C(=O)N2CCCCC2)c2ccccn12. The zero-order chi connectivity index (χ0) is 20.2. The Kier molecular flexibility index (Phi) is 5.60. The molecular weight excluding hydrogens is 364 g/mol. The second-order valence-electron chi connectivity index (χ2n) is 7.40. The fraction of sp³-hybridized carbons (Fsp3) is 0.348. The predicted molar refractivity (Wildman–Crippen MR) is 112 cm³/mol. The van der Waals surface area contributed by atoms with E-state index in [4.69, 9.17) is 0 Å². The fourth-order valence-corrected chi connectivity index (χ4v) is 3.87. The van der Waals surface area contributed by atoms with E-state index in [9.17, 15) is 9.59 Å². The van der Waals surface area contributed by atoms with Gasteiger partial charge in [-0.1, -0.05) is 36.4 Å². The van der Waals surface area contributed by atoms with Crippen LogP contribution in [0.1, 0.15) is 52.9 Å². The number of carbonyl (C=O) groups excluding carboxylic acids is 2. The van der Waals surface area contributed by atoms with Gasteiger partial charge in [-0.15, -0.1) is 0 Å². The molecule has 1 fully saturated rings. The number of carbonyl (C=O) groups is 2. The molecule has 0 radical (unpaired) electrons. The molecule has 6 nitrogen and oxygen atoms in total. The number of amides is 2. The van der Waals surface area contributed by atoms with Crippen LogP contribution in [0, 0.1) is 0 Å². The average Bonchev–Trinajstić information content (AvgIpc) is 3.17. The average molecular weight is 390 g/mol. The summed E-state index contributed by atoms with van der Waals surface area (Å²) >= 11 is 0. The number of imidazole rings is 1. The van der Waals surface area contributed by atoms with Crippen LogP contribution in [0.4, 0.5) is 0 Å². The van der Waals surface area contributed by atoms with Gasteiger partial charge < -0.3 is 9.80 Å². The lowest BCUT2D eigenvalue weighted by Gasteiger charge is -2.26. The second kappa shape index (κ2) is 8.47. The highest BCUT2D eigenvalue weighted by molar-refractivity contribution is 6.02. The maximum atomic E-state index is 13.3. The van der Waals surface area contributed by atoms with E-state index in [1.165, 1.54) is 0 Å². The summed E-state index contributed by atoms with van der Waals surface area (Å²) in [5.74, 6) is 0.0348. The van der Waals surface area contributed by atoms with Gasteiger partial charge in [-0.25, -0.2) is 4.98 Å². The molecule has 0 saturated carbocycles. The third kappa shape index (κ3) is 3.88. The molecular formula is C23H26N4O2. The van der Waals surface area contributed by atoms with Crippen LogP contribution in [0.3, 0.4) is 0 Å². The number of aromatic nitrogens is 2. The molecule has 2 aromatic heterocycles. The van der Waals surface area contributed by atoms with Gasteiger partial charge in [-0.05, 0) is 43.9 Å². The number of fused-ring (bicyclic) bond motifs is 1. The van der Waals surface area contributed by atoms with Crippen LogP contribution >= 0.6 is 0 Å². The molecule has 6 heteroatoms. The minimum Gasteiger partial charge on any atom is -0.337 e. The van der Waals surface area contributed by atoms with Crippen LogP contribution in [0.2, 0.25) is 0 Å². The summed E-state index contributed by atoms with van der Waals surface area (Å²) in [6.45, 7) is 4.53. The lowest BCUT2D eigenvalue weighted by Crippen LogP contribution is -2.36. The number of pyridine rings is 1. The first-order valence-electron chi connectivity index (χ1n) is 10.3. The van der Waals surface area contributed by atoms with Gasteiger partial charge in [0.2, 0.25) is 5.82 Å². The van der Waals surface area contributed by atoms with Crippen molar-refractivity contribution in [1.82, 2.24) is 19.2 Å². The molecule has 150 valence electrons. The number of nitrogens with zero attached hydrogens (tertiary/aromatic N) is 4. The second-order valence-corrected chi connectivity index (χ2v) is 7.40. The molecule has 0 unspecified atom stereocenters. The van der Waals surface area contributed by atoms with E-state index in [0.29, 0.717) is 30.1 Å². The van der Waals surface area contributed by atoms with Gasteiger partial charge in [0, 0.05) is 32.4 Å². The molecule has 1 aliphatic rings. The highest BCUT2D eigenvalue weighted by Gasteiger charge is 2.27. The molecule has 4 rings (SSSR count). The van der Waals surface area contributed by atoms with Crippen LogP contribution < -0.4 is 0 Å². The highest BCUT2D eigenvalue weighted by atomic mass is 16.2. The maximum absolute atomic E-state index is 13.3. The molecule has 29 heavy (non-hydrogen) atoms. The van der Waals surface area contributed by atoms with E-state index in [0.717, 1.165) is 37.9 Å². The number of benzene rings is 1. The van der Waals surface area contributed by atoms with Crippen molar-refractivity contribution in [3.05, 3.63) is 71.8 Å². The van der Waals surface area contributed by atoms with Crippen LogP contribution in [0.15, 0.2) is 54.7 Å². The molecule has 0 atom stereocenters. The van der Waals surface area contributed by atoms with Gasteiger partial charge in [-0.3, -0.25) is 14.0 Å². The Balaban J connectivity index is 1.68. The Morgan fingerprint density at radius 1 is 1.00 bits per heavy atom. The molecule has 3 aromatic rings. The topological polar surface area (TPSA) is 57.9 Å². The van der Waals surface area contributed by atoms with Crippen molar-refractivity contribution in [3.63, 3.8) is 0 Å². The molecule has 0 bridgehead atoms. The summed E-state index contributed by atoms with van der Waals surface area (Å²) in [5, 5.41) is 0. The quantitative estimate of drug-likeness (QED) is 0.669. The standard InChI is InChI=1S/C23H26N4O2/c1-2-25(17-18-11-5-3-6-12-18)23(29)21-24-20(19-13-7-10-16-27(19)21)22(28)26-14-8-4-9-15-26/h3,5-7,10-13,16H,2,4,8-9,14-15,17H2,1H3. The Morgan fingerprint density at radius 3 is 2.45 bits per heavy atom. The smallest absolute Gasteiger partial charge is 0.290 e. The predicted octanol–water partition coefficient (Wildman–Crippen LogP) is 3.62. The summed E-state index contributed by atoms with van der Waals surface area (Å²) in [5.41, 5.74) is 2.11. The molecule has 3 heterocycles. The largest absolute Gasteiger partial charge is 0.337 e. The van der Waals surface area contributed by atoms with Gasteiger partial charge in [0.05, 0.1) is 5.52 Å². The Morgan fingerprint density at radius 2 is 1.72 bits per heavy atom. The third-order valence-electron chi connectivity index (χ3n) is 5.47. The van der Waals surface area contributed by atoms with Crippen molar-refractivity contribution in [1.29, 1.82) is 0 Å². The van der Waals surface area contributed by atoms with Crippen molar-refractivity contribution in [2.24, 2.45) is 0 Å². The Labute approximate surface area is 170 Å². The lowest BCUT2D eigenvalue weighted by molar-refractivity contribution is 0.0720. The van der Waals surface area contributed by atoms with Gasteiger partial charge >= 0.3 is 0 Å². The van der Waals surface area contributed by atoms with Gasteiger partial charge in [0.1, 0.15) is 0 Å². The summed E-state index contributed by atoms with van der Waals surface area (Å²) in [7, 11) is 0. The number of hydrogen-bond donors (Lipinski definition) is 0. The fourth-order valence-electron chi connectivity index (χ4n) is 3.87. The third-order valence-corrected chi connectivity index (χ3v) is 5.47. The monoisotopic (exact) mass is 390 g/mol. The number of likely N-dealkylation sites (tertiary alicyclic amines) is 1. The van der Waals surface area contributed by atoms with E-state index in [-0.39, 0.29) is 11.8 Å². The zero-order valence-corrected chi connectivity index (χ0v) is 16.8. The number of hydrogen-bond acceptors (Lipinski definition) is 3. The summed E-state index contributed by atoms with van der Waals surface area (Å²) in [6, 6.07) is 15.5. The minimum absolute atomic E-state index is 0.0847. The molecule has 1 aliphatic heterocycles. The summed E-state index contributed by atoms with van der Waals surface area (Å²) in [6.07, 6.45) is 5.00. The molecule has 0 aliphatic carbocycles. The van der Waals surface area contributed by atoms with Crippen molar-refractivity contribution >= 4 is 17.3 Å². The Bertz CT molecular complexity index is 1010. The lowest BCUT2D eigenvalue weighted by atomic mass is 10.1.